The number of ether oxygens (including phenoxy) is 1. The highest BCUT2D eigenvalue weighted by Crippen LogP contribution is 1.98. The van der Waals surface area contributed by atoms with E-state index in [9.17, 15) is 0 Å². The van der Waals surface area contributed by atoms with Gasteiger partial charge in [-0.2, -0.15) is 0 Å². The second-order valence-electron chi connectivity index (χ2n) is 3.03. The highest BCUT2D eigenvalue weighted by molar-refractivity contribution is 5.04. The Kier molecular flexibility index (Phi) is 4.57. The topological polar surface area (TPSA) is 34.4 Å². The second-order valence-corrected chi connectivity index (χ2v) is 3.03. The quantitative estimate of drug-likeness (QED) is 0.730. The first kappa shape index (κ1) is 10.3. The van der Waals surface area contributed by atoms with Crippen molar-refractivity contribution in [2.24, 2.45) is 0 Å². The van der Waals surface area contributed by atoms with E-state index in [4.69, 9.17) is 9.15 Å². The zero-order valence-corrected chi connectivity index (χ0v) is 8.25. The summed E-state index contributed by atoms with van der Waals surface area (Å²) >= 11 is 0. The average molecular weight is 183 g/mol. The largest absolute Gasteiger partial charge is 0.472 e. The minimum absolute atomic E-state index is 0.275. The Bertz CT molecular complexity index is 209. The molecule has 1 atom stereocenters. The first-order valence-corrected chi connectivity index (χ1v) is 4.66. The van der Waals surface area contributed by atoms with Gasteiger partial charge >= 0.3 is 0 Å². The van der Waals surface area contributed by atoms with Crippen LogP contribution in [0.5, 0.6) is 0 Å². The summed E-state index contributed by atoms with van der Waals surface area (Å²) in [6, 6.07) is 1.96. The van der Waals surface area contributed by atoms with Crippen LogP contribution in [0.15, 0.2) is 23.0 Å². The molecule has 1 heterocycles. The van der Waals surface area contributed by atoms with Crippen LogP contribution in [-0.4, -0.2) is 19.3 Å². The van der Waals surface area contributed by atoms with E-state index in [1.165, 1.54) is 5.56 Å². The van der Waals surface area contributed by atoms with Gasteiger partial charge in [0.1, 0.15) is 0 Å². The maximum absolute atomic E-state index is 5.38. The minimum atomic E-state index is 0.275. The molecule has 0 amide bonds. The van der Waals surface area contributed by atoms with Gasteiger partial charge in [-0.05, 0) is 19.9 Å². The number of furan rings is 1. The molecule has 0 fully saturated rings. The fourth-order valence-corrected chi connectivity index (χ4v) is 1.16. The van der Waals surface area contributed by atoms with Crippen molar-refractivity contribution in [2.45, 2.75) is 26.5 Å². The van der Waals surface area contributed by atoms with E-state index < -0.39 is 0 Å². The van der Waals surface area contributed by atoms with Crippen molar-refractivity contribution in [3.8, 4) is 0 Å². The molecule has 1 aromatic heterocycles. The number of hydrogen-bond acceptors (Lipinski definition) is 3. The smallest absolute Gasteiger partial charge is 0.0947 e. The van der Waals surface area contributed by atoms with Crippen LogP contribution in [0.3, 0.4) is 0 Å². The Morgan fingerprint density at radius 3 is 3.08 bits per heavy atom. The van der Waals surface area contributed by atoms with E-state index >= 15 is 0 Å². The zero-order valence-electron chi connectivity index (χ0n) is 8.25. The van der Waals surface area contributed by atoms with Crippen LogP contribution < -0.4 is 5.32 Å². The maximum atomic E-state index is 5.38. The van der Waals surface area contributed by atoms with E-state index in [0.29, 0.717) is 0 Å². The Balaban J connectivity index is 2.07. The summed E-state index contributed by atoms with van der Waals surface area (Å²) in [6.45, 7) is 6.56. The van der Waals surface area contributed by atoms with Gasteiger partial charge in [0, 0.05) is 25.3 Å². The summed E-state index contributed by atoms with van der Waals surface area (Å²) in [5.41, 5.74) is 1.17. The van der Waals surface area contributed by atoms with Crippen molar-refractivity contribution < 1.29 is 9.15 Å². The summed E-state index contributed by atoms with van der Waals surface area (Å²) in [5.74, 6) is 0. The lowest BCUT2D eigenvalue weighted by molar-refractivity contribution is 0.0759. The molecule has 1 unspecified atom stereocenters. The summed E-state index contributed by atoms with van der Waals surface area (Å²) in [5, 5.41) is 3.29. The van der Waals surface area contributed by atoms with E-state index in [2.05, 4.69) is 12.2 Å². The molecule has 0 aromatic carbocycles. The second kappa shape index (κ2) is 5.78. The first-order chi connectivity index (χ1) is 6.33. The number of nitrogens with one attached hydrogen (secondary N) is 1. The Morgan fingerprint density at radius 1 is 1.62 bits per heavy atom. The van der Waals surface area contributed by atoms with Gasteiger partial charge in [-0.15, -0.1) is 0 Å². The molecule has 1 N–H and O–H groups in total. The van der Waals surface area contributed by atoms with Crippen LogP contribution in [0.1, 0.15) is 19.4 Å². The average Bonchev–Trinajstić information content (AvgIpc) is 2.57. The van der Waals surface area contributed by atoms with Crippen molar-refractivity contribution in [3.05, 3.63) is 24.2 Å². The van der Waals surface area contributed by atoms with Gasteiger partial charge in [-0.25, -0.2) is 0 Å². The Hall–Kier alpha value is -0.800. The lowest BCUT2D eigenvalue weighted by Crippen LogP contribution is -2.26. The Labute approximate surface area is 79.1 Å². The third-order valence-corrected chi connectivity index (χ3v) is 1.79. The zero-order chi connectivity index (χ0) is 9.52. The molecular weight excluding hydrogens is 166 g/mol. The molecule has 0 aliphatic rings. The third-order valence-electron chi connectivity index (χ3n) is 1.79. The molecule has 0 saturated carbocycles. The SMILES string of the molecule is CCOC(C)CNCc1ccoc1. The molecule has 3 nitrogen and oxygen atoms in total. The lowest BCUT2D eigenvalue weighted by Gasteiger charge is -2.11. The molecule has 1 aromatic rings. The fraction of sp³-hybridized carbons (Fsp3) is 0.600. The summed E-state index contributed by atoms with van der Waals surface area (Å²) in [6.07, 6.45) is 3.71. The van der Waals surface area contributed by atoms with Crippen molar-refractivity contribution in [1.82, 2.24) is 5.32 Å². The van der Waals surface area contributed by atoms with Gasteiger partial charge in [0.15, 0.2) is 0 Å². The van der Waals surface area contributed by atoms with Crippen molar-refractivity contribution in [1.29, 1.82) is 0 Å². The van der Waals surface area contributed by atoms with Gasteiger partial charge in [0.05, 0.1) is 18.6 Å². The highest BCUT2D eigenvalue weighted by atomic mass is 16.5. The van der Waals surface area contributed by atoms with Crippen LogP contribution in [-0.2, 0) is 11.3 Å². The number of rotatable bonds is 6. The predicted octanol–water partition coefficient (Wildman–Crippen LogP) is 1.79. The molecule has 0 aliphatic carbocycles. The molecule has 0 bridgehead atoms. The van der Waals surface area contributed by atoms with E-state index in [0.717, 1.165) is 19.7 Å². The van der Waals surface area contributed by atoms with E-state index in [1.807, 2.05) is 13.0 Å². The molecule has 13 heavy (non-hydrogen) atoms. The van der Waals surface area contributed by atoms with Crippen LogP contribution in [0, 0.1) is 0 Å². The van der Waals surface area contributed by atoms with Gasteiger partial charge in [-0.3, -0.25) is 0 Å². The summed E-state index contributed by atoms with van der Waals surface area (Å²) in [7, 11) is 0. The highest BCUT2D eigenvalue weighted by Gasteiger charge is 1.99. The fourth-order valence-electron chi connectivity index (χ4n) is 1.16. The minimum Gasteiger partial charge on any atom is -0.472 e. The third kappa shape index (κ3) is 4.10. The van der Waals surface area contributed by atoms with E-state index in [1.54, 1.807) is 12.5 Å². The van der Waals surface area contributed by atoms with Crippen LogP contribution in [0.25, 0.3) is 0 Å². The molecule has 0 aliphatic heterocycles. The van der Waals surface area contributed by atoms with Crippen molar-refractivity contribution >= 4 is 0 Å². The van der Waals surface area contributed by atoms with Crippen LogP contribution in [0.2, 0.25) is 0 Å². The predicted molar refractivity (Wildman–Crippen MR) is 51.5 cm³/mol. The van der Waals surface area contributed by atoms with Crippen LogP contribution in [0.4, 0.5) is 0 Å². The summed E-state index contributed by atoms with van der Waals surface area (Å²) < 4.78 is 10.3. The van der Waals surface area contributed by atoms with E-state index in [-0.39, 0.29) is 6.10 Å². The van der Waals surface area contributed by atoms with Crippen molar-refractivity contribution in [2.75, 3.05) is 13.2 Å². The van der Waals surface area contributed by atoms with Gasteiger partial charge in [0.25, 0.3) is 0 Å². The van der Waals surface area contributed by atoms with Gasteiger partial charge in [0.2, 0.25) is 0 Å². The molecular formula is C10H17NO2. The molecule has 0 saturated heterocycles. The number of hydrogen-bond donors (Lipinski definition) is 1. The van der Waals surface area contributed by atoms with Crippen molar-refractivity contribution in [3.63, 3.8) is 0 Å². The molecule has 0 radical (unpaired) electrons. The molecule has 74 valence electrons. The normalized spacial score (nSPS) is 13.1. The first-order valence-electron chi connectivity index (χ1n) is 4.66. The standard InChI is InChI=1S/C10H17NO2/c1-3-13-9(2)6-11-7-10-4-5-12-8-10/h4-5,8-9,11H,3,6-7H2,1-2H3. The molecule has 0 spiro atoms. The van der Waals surface area contributed by atoms with Gasteiger partial charge in [-0.1, -0.05) is 0 Å². The van der Waals surface area contributed by atoms with Crippen LogP contribution >= 0.6 is 0 Å². The maximum Gasteiger partial charge on any atom is 0.0947 e. The monoisotopic (exact) mass is 183 g/mol. The Morgan fingerprint density at radius 2 is 2.46 bits per heavy atom. The van der Waals surface area contributed by atoms with Gasteiger partial charge < -0.3 is 14.5 Å². The molecule has 3 heteroatoms. The summed E-state index contributed by atoms with van der Waals surface area (Å²) in [4.78, 5) is 0. The lowest BCUT2D eigenvalue weighted by atomic mass is 10.3. The molecule has 1 rings (SSSR count).